The molecule has 4 rings (SSSR count). The van der Waals surface area contributed by atoms with Gasteiger partial charge in [-0.1, -0.05) is 12.1 Å². The standard InChI is InChI=1S/C20H23N5O2S/c1-3-24-19(18-8-5-11-27-18)22-25(20(24)28)13-23-10-9-16-15(12-23)6-4-7-17(16)21-14(2)26/h4-8,11H,3,9-10,12-13H2,1-2H3,(H,21,26). The molecular weight excluding hydrogens is 374 g/mol. The van der Waals surface area contributed by atoms with Gasteiger partial charge in [0, 0.05) is 32.2 Å². The normalized spacial score (nSPS) is 14.1. The molecule has 146 valence electrons. The smallest absolute Gasteiger partial charge is 0.221 e. The Kier molecular flexibility index (Phi) is 5.15. The van der Waals surface area contributed by atoms with Crippen molar-refractivity contribution < 1.29 is 9.21 Å². The van der Waals surface area contributed by atoms with Crippen LogP contribution in [0.3, 0.4) is 0 Å². The van der Waals surface area contributed by atoms with E-state index < -0.39 is 0 Å². The van der Waals surface area contributed by atoms with Crippen LogP contribution in [-0.2, 0) is 31.0 Å². The number of hydrogen-bond acceptors (Lipinski definition) is 5. The van der Waals surface area contributed by atoms with E-state index in [-0.39, 0.29) is 5.91 Å². The molecule has 3 aromatic rings. The van der Waals surface area contributed by atoms with Crippen LogP contribution >= 0.6 is 12.2 Å². The fourth-order valence-corrected chi connectivity index (χ4v) is 4.01. The number of fused-ring (bicyclic) bond motifs is 1. The summed E-state index contributed by atoms with van der Waals surface area (Å²) >= 11 is 5.65. The summed E-state index contributed by atoms with van der Waals surface area (Å²) in [4.78, 5) is 13.8. The van der Waals surface area contributed by atoms with Crippen molar-refractivity contribution in [3.8, 4) is 11.6 Å². The van der Waals surface area contributed by atoms with Gasteiger partial charge in [-0.05, 0) is 54.9 Å². The van der Waals surface area contributed by atoms with E-state index in [1.807, 2.05) is 33.5 Å². The van der Waals surface area contributed by atoms with E-state index in [4.69, 9.17) is 21.7 Å². The number of amides is 1. The molecule has 1 aliphatic heterocycles. The van der Waals surface area contributed by atoms with Crippen molar-refractivity contribution in [2.24, 2.45) is 0 Å². The highest BCUT2D eigenvalue weighted by atomic mass is 32.1. The summed E-state index contributed by atoms with van der Waals surface area (Å²) in [5, 5.41) is 7.65. The summed E-state index contributed by atoms with van der Waals surface area (Å²) in [6.07, 6.45) is 2.52. The second-order valence-electron chi connectivity index (χ2n) is 6.90. The van der Waals surface area contributed by atoms with Gasteiger partial charge in [-0.2, -0.15) is 0 Å². The average molecular weight is 398 g/mol. The maximum Gasteiger partial charge on any atom is 0.221 e. The number of nitrogens with one attached hydrogen (secondary N) is 1. The van der Waals surface area contributed by atoms with Crippen molar-refractivity contribution in [2.75, 3.05) is 11.9 Å². The lowest BCUT2D eigenvalue weighted by molar-refractivity contribution is -0.114. The van der Waals surface area contributed by atoms with Crippen molar-refractivity contribution >= 4 is 23.8 Å². The predicted octanol–water partition coefficient (Wildman–Crippen LogP) is 3.67. The Morgan fingerprint density at radius 3 is 2.89 bits per heavy atom. The number of aromatic nitrogens is 3. The zero-order valence-electron chi connectivity index (χ0n) is 16.0. The van der Waals surface area contributed by atoms with Crippen LogP contribution < -0.4 is 5.32 Å². The van der Waals surface area contributed by atoms with Crippen molar-refractivity contribution in [2.45, 2.75) is 40.0 Å². The molecule has 1 N–H and O–H groups in total. The van der Waals surface area contributed by atoms with Crippen LogP contribution in [0.1, 0.15) is 25.0 Å². The van der Waals surface area contributed by atoms with Crippen LogP contribution in [0.2, 0.25) is 0 Å². The third-order valence-corrected chi connectivity index (χ3v) is 5.40. The molecule has 0 spiro atoms. The van der Waals surface area contributed by atoms with Gasteiger partial charge >= 0.3 is 0 Å². The van der Waals surface area contributed by atoms with Gasteiger partial charge in [0.05, 0.1) is 12.9 Å². The Morgan fingerprint density at radius 2 is 2.18 bits per heavy atom. The lowest BCUT2D eigenvalue weighted by Crippen LogP contribution is -2.33. The van der Waals surface area contributed by atoms with E-state index in [0.29, 0.717) is 11.4 Å². The monoisotopic (exact) mass is 397 g/mol. The van der Waals surface area contributed by atoms with Crippen LogP contribution in [-0.4, -0.2) is 31.7 Å². The van der Waals surface area contributed by atoms with E-state index in [0.717, 1.165) is 43.3 Å². The molecule has 7 nitrogen and oxygen atoms in total. The number of rotatable bonds is 5. The van der Waals surface area contributed by atoms with Crippen molar-refractivity contribution in [1.29, 1.82) is 0 Å². The highest BCUT2D eigenvalue weighted by Gasteiger charge is 2.21. The fourth-order valence-electron chi connectivity index (χ4n) is 3.69. The van der Waals surface area contributed by atoms with Crippen LogP contribution in [0, 0.1) is 4.77 Å². The molecule has 0 saturated carbocycles. The maximum absolute atomic E-state index is 11.4. The minimum Gasteiger partial charge on any atom is -0.461 e. The highest BCUT2D eigenvalue weighted by Crippen LogP contribution is 2.27. The zero-order chi connectivity index (χ0) is 19.7. The molecule has 28 heavy (non-hydrogen) atoms. The topological polar surface area (TPSA) is 68.2 Å². The van der Waals surface area contributed by atoms with Crippen molar-refractivity contribution in [1.82, 2.24) is 19.2 Å². The quantitative estimate of drug-likeness (QED) is 0.666. The average Bonchev–Trinajstić information content (AvgIpc) is 3.30. The summed E-state index contributed by atoms with van der Waals surface area (Å²) in [6.45, 7) is 6.60. The highest BCUT2D eigenvalue weighted by molar-refractivity contribution is 7.71. The number of benzene rings is 1. The number of carbonyl (C=O) groups is 1. The molecular formula is C20H23N5O2S. The Bertz CT molecular complexity index is 1050. The molecule has 0 bridgehead atoms. The molecule has 8 heteroatoms. The largest absolute Gasteiger partial charge is 0.461 e. The minimum atomic E-state index is -0.0438. The molecule has 0 aliphatic carbocycles. The minimum absolute atomic E-state index is 0.0438. The van der Waals surface area contributed by atoms with Crippen LogP contribution in [0.4, 0.5) is 5.69 Å². The molecule has 3 heterocycles. The Labute approximate surface area is 168 Å². The maximum atomic E-state index is 11.4. The summed E-state index contributed by atoms with van der Waals surface area (Å²) in [5.41, 5.74) is 3.36. The Hall–Kier alpha value is -2.71. The Balaban J connectivity index is 1.57. The van der Waals surface area contributed by atoms with Gasteiger partial charge < -0.3 is 9.73 Å². The molecule has 0 fully saturated rings. The second-order valence-corrected chi connectivity index (χ2v) is 7.26. The van der Waals surface area contributed by atoms with Gasteiger partial charge in [0.1, 0.15) is 0 Å². The van der Waals surface area contributed by atoms with E-state index in [2.05, 4.69) is 23.2 Å². The van der Waals surface area contributed by atoms with Gasteiger partial charge in [-0.3, -0.25) is 14.3 Å². The molecule has 0 radical (unpaired) electrons. The summed E-state index contributed by atoms with van der Waals surface area (Å²) in [7, 11) is 0. The second kappa shape index (κ2) is 7.73. The predicted molar refractivity (Wildman–Crippen MR) is 109 cm³/mol. The van der Waals surface area contributed by atoms with Gasteiger partial charge in [-0.15, -0.1) is 5.10 Å². The van der Waals surface area contributed by atoms with Gasteiger partial charge in [0.2, 0.25) is 5.91 Å². The first-order valence-corrected chi connectivity index (χ1v) is 9.80. The third kappa shape index (κ3) is 3.53. The fraction of sp³-hybridized carbons (Fsp3) is 0.350. The van der Waals surface area contributed by atoms with E-state index in [1.165, 1.54) is 18.1 Å². The summed E-state index contributed by atoms with van der Waals surface area (Å²) in [6, 6.07) is 9.82. The van der Waals surface area contributed by atoms with E-state index >= 15 is 0 Å². The SMILES string of the molecule is CCn1c(-c2ccco2)nn(CN2CCc3c(cccc3NC(C)=O)C2)c1=S. The summed E-state index contributed by atoms with van der Waals surface area (Å²) < 4.78 is 10.1. The third-order valence-electron chi connectivity index (χ3n) is 4.97. The Morgan fingerprint density at radius 1 is 1.32 bits per heavy atom. The molecule has 0 saturated heterocycles. The number of hydrogen-bond donors (Lipinski definition) is 1. The number of furan rings is 1. The van der Waals surface area contributed by atoms with E-state index in [9.17, 15) is 4.79 Å². The molecule has 0 unspecified atom stereocenters. The first-order chi connectivity index (χ1) is 13.6. The lowest BCUT2D eigenvalue weighted by Gasteiger charge is -2.29. The summed E-state index contributed by atoms with van der Waals surface area (Å²) in [5.74, 6) is 1.43. The number of anilines is 1. The van der Waals surface area contributed by atoms with Crippen LogP contribution in [0.5, 0.6) is 0 Å². The van der Waals surface area contributed by atoms with E-state index in [1.54, 1.807) is 6.26 Å². The van der Waals surface area contributed by atoms with Crippen molar-refractivity contribution in [3.05, 3.63) is 52.5 Å². The van der Waals surface area contributed by atoms with Crippen molar-refractivity contribution in [3.63, 3.8) is 0 Å². The van der Waals surface area contributed by atoms with Crippen LogP contribution in [0.25, 0.3) is 11.6 Å². The van der Waals surface area contributed by atoms with Crippen LogP contribution in [0.15, 0.2) is 41.0 Å². The molecule has 1 aromatic carbocycles. The zero-order valence-corrected chi connectivity index (χ0v) is 16.8. The van der Waals surface area contributed by atoms with Gasteiger partial charge in [-0.25, -0.2) is 4.68 Å². The van der Waals surface area contributed by atoms with Gasteiger partial charge in [0.25, 0.3) is 0 Å². The van der Waals surface area contributed by atoms with Gasteiger partial charge in [0.15, 0.2) is 16.4 Å². The number of nitrogens with zero attached hydrogens (tertiary/aromatic N) is 4. The molecule has 1 amide bonds. The first-order valence-electron chi connectivity index (χ1n) is 9.39. The first kappa shape index (κ1) is 18.6. The molecule has 2 aromatic heterocycles. The number of carbonyl (C=O) groups excluding carboxylic acids is 1. The molecule has 0 atom stereocenters. The lowest BCUT2D eigenvalue weighted by atomic mass is 9.98. The molecule has 1 aliphatic rings.